The quantitative estimate of drug-likeness (QED) is 0.580. The van der Waals surface area contributed by atoms with Gasteiger partial charge in [-0.25, -0.2) is 17.5 Å². The second-order valence-corrected chi connectivity index (χ2v) is 8.28. The number of piperidine rings is 1. The van der Waals surface area contributed by atoms with Gasteiger partial charge in [-0.3, -0.25) is 10.1 Å². The van der Waals surface area contributed by atoms with E-state index in [1.807, 2.05) is 0 Å². The molecule has 3 rings (SSSR count). The largest absolute Gasteiger partial charge is 0.316 e. The molecule has 0 saturated carbocycles. The number of rotatable bonds is 6. The van der Waals surface area contributed by atoms with Crippen LogP contribution in [0.1, 0.15) is 17.9 Å². The lowest BCUT2D eigenvalue weighted by Crippen LogP contribution is -2.42. The van der Waals surface area contributed by atoms with E-state index < -0.39 is 14.9 Å². The van der Waals surface area contributed by atoms with Crippen LogP contribution in [0.3, 0.4) is 0 Å². The molecule has 0 radical (unpaired) electrons. The molecule has 0 unspecified atom stereocenters. The lowest BCUT2D eigenvalue weighted by molar-refractivity contribution is -0.384. The Hall–Kier alpha value is -2.36. The highest BCUT2D eigenvalue weighted by molar-refractivity contribution is 7.89. The van der Waals surface area contributed by atoms with E-state index in [1.165, 1.54) is 24.3 Å². The van der Waals surface area contributed by atoms with Crippen molar-refractivity contribution >= 4 is 15.7 Å². The van der Waals surface area contributed by atoms with Crippen LogP contribution in [-0.2, 0) is 10.0 Å². The highest BCUT2D eigenvalue weighted by Crippen LogP contribution is 2.30. The van der Waals surface area contributed by atoms with E-state index in [0.717, 1.165) is 30.7 Å². The van der Waals surface area contributed by atoms with Crippen LogP contribution in [0.2, 0.25) is 0 Å². The zero-order chi connectivity index (χ0) is 19.4. The molecule has 27 heavy (non-hydrogen) atoms. The SMILES string of the molecule is O=[N+]([O-])c1ccc(S(=O)(=O)NC[C@H]2CNCC[C@H]2c2ccc(F)cc2)cc1. The van der Waals surface area contributed by atoms with E-state index in [4.69, 9.17) is 0 Å². The van der Waals surface area contributed by atoms with E-state index >= 15 is 0 Å². The Balaban J connectivity index is 1.71. The third-order valence-electron chi connectivity index (χ3n) is 4.80. The van der Waals surface area contributed by atoms with Crippen molar-refractivity contribution in [3.05, 3.63) is 70.0 Å². The molecule has 1 heterocycles. The van der Waals surface area contributed by atoms with Crippen molar-refractivity contribution < 1.29 is 17.7 Å². The van der Waals surface area contributed by atoms with E-state index in [-0.39, 0.29) is 34.8 Å². The van der Waals surface area contributed by atoms with Crippen LogP contribution in [0.15, 0.2) is 53.4 Å². The number of halogens is 1. The van der Waals surface area contributed by atoms with Gasteiger partial charge in [0.25, 0.3) is 5.69 Å². The van der Waals surface area contributed by atoms with Crippen LogP contribution < -0.4 is 10.0 Å². The highest BCUT2D eigenvalue weighted by atomic mass is 32.2. The Kier molecular flexibility index (Phi) is 5.83. The zero-order valence-electron chi connectivity index (χ0n) is 14.5. The predicted molar refractivity (Wildman–Crippen MR) is 98.4 cm³/mol. The molecular formula is C18H20FN3O4S. The van der Waals surface area contributed by atoms with Crippen LogP contribution >= 0.6 is 0 Å². The average molecular weight is 393 g/mol. The molecule has 144 valence electrons. The van der Waals surface area contributed by atoms with Crippen molar-refractivity contribution in [3.8, 4) is 0 Å². The lowest BCUT2D eigenvalue weighted by atomic mass is 9.81. The molecule has 2 aromatic carbocycles. The first kappa shape index (κ1) is 19.4. The first-order valence-corrected chi connectivity index (χ1v) is 10.1. The fraction of sp³-hybridized carbons (Fsp3) is 0.333. The van der Waals surface area contributed by atoms with E-state index in [9.17, 15) is 22.9 Å². The van der Waals surface area contributed by atoms with Crippen molar-refractivity contribution in [2.24, 2.45) is 5.92 Å². The van der Waals surface area contributed by atoms with Crippen LogP contribution in [0, 0.1) is 21.8 Å². The van der Waals surface area contributed by atoms with Crippen LogP contribution in [-0.4, -0.2) is 33.0 Å². The van der Waals surface area contributed by atoms with Crippen molar-refractivity contribution in [1.29, 1.82) is 0 Å². The van der Waals surface area contributed by atoms with Gasteiger partial charge in [0.2, 0.25) is 10.0 Å². The summed E-state index contributed by atoms with van der Waals surface area (Å²) in [7, 11) is -3.77. The predicted octanol–water partition coefficient (Wildman–Crippen LogP) is 2.41. The summed E-state index contributed by atoms with van der Waals surface area (Å²) in [6, 6.07) is 11.1. The molecule has 0 bridgehead atoms. The Morgan fingerprint density at radius 1 is 1.15 bits per heavy atom. The molecule has 1 fully saturated rings. The topological polar surface area (TPSA) is 101 Å². The Labute approximate surface area is 156 Å². The van der Waals surface area contributed by atoms with Crippen molar-refractivity contribution in [2.75, 3.05) is 19.6 Å². The molecule has 2 aromatic rings. The Bertz CT molecular complexity index is 901. The second-order valence-electron chi connectivity index (χ2n) is 6.51. The number of hydrogen-bond acceptors (Lipinski definition) is 5. The Morgan fingerprint density at radius 2 is 1.81 bits per heavy atom. The summed E-state index contributed by atoms with van der Waals surface area (Å²) in [5, 5.41) is 14.0. The molecule has 0 spiro atoms. The van der Waals surface area contributed by atoms with Gasteiger partial charge >= 0.3 is 0 Å². The van der Waals surface area contributed by atoms with E-state index in [1.54, 1.807) is 12.1 Å². The summed E-state index contributed by atoms with van der Waals surface area (Å²) >= 11 is 0. The fourth-order valence-corrected chi connectivity index (χ4v) is 4.43. The van der Waals surface area contributed by atoms with Crippen molar-refractivity contribution in [2.45, 2.75) is 17.2 Å². The van der Waals surface area contributed by atoms with Gasteiger partial charge in [-0.05, 0) is 61.2 Å². The minimum absolute atomic E-state index is 0.0111. The van der Waals surface area contributed by atoms with Gasteiger partial charge < -0.3 is 5.32 Å². The minimum atomic E-state index is -3.77. The van der Waals surface area contributed by atoms with Crippen molar-refractivity contribution in [3.63, 3.8) is 0 Å². The summed E-state index contributed by atoms with van der Waals surface area (Å²) in [5.74, 6) is -0.174. The van der Waals surface area contributed by atoms with Crippen LogP contribution in [0.5, 0.6) is 0 Å². The molecule has 0 aromatic heterocycles. The lowest BCUT2D eigenvalue weighted by Gasteiger charge is -2.32. The molecule has 1 saturated heterocycles. The number of nitro groups is 1. The van der Waals surface area contributed by atoms with Gasteiger partial charge in [-0.1, -0.05) is 12.1 Å². The normalized spacial score (nSPS) is 20.3. The maximum absolute atomic E-state index is 13.2. The third kappa shape index (κ3) is 4.68. The number of benzene rings is 2. The van der Waals surface area contributed by atoms with Gasteiger partial charge in [0, 0.05) is 18.7 Å². The summed E-state index contributed by atoms with van der Waals surface area (Å²) in [6.07, 6.45) is 0.829. The highest BCUT2D eigenvalue weighted by Gasteiger charge is 2.28. The molecule has 0 amide bonds. The number of hydrogen-bond donors (Lipinski definition) is 2. The summed E-state index contributed by atoms with van der Waals surface area (Å²) in [6.45, 7) is 1.67. The van der Waals surface area contributed by atoms with Gasteiger partial charge in [-0.2, -0.15) is 0 Å². The molecule has 1 aliphatic heterocycles. The number of nitro benzene ring substituents is 1. The molecule has 0 aliphatic carbocycles. The average Bonchev–Trinajstić information content (AvgIpc) is 2.67. The smallest absolute Gasteiger partial charge is 0.269 e. The summed E-state index contributed by atoms with van der Waals surface area (Å²) in [5.41, 5.74) is 0.819. The third-order valence-corrected chi connectivity index (χ3v) is 6.24. The zero-order valence-corrected chi connectivity index (χ0v) is 15.3. The van der Waals surface area contributed by atoms with E-state index in [2.05, 4.69) is 10.0 Å². The van der Waals surface area contributed by atoms with Crippen molar-refractivity contribution in [1.82, 2.24) is 10.0 Å². The summed E-state index contributed by atoms with van der Waals surface area (Å²) < 4.78 is 40.8. The number of sulfonamides is 1. The molecule has 2 atom stereocenters. The first-order valence-electron chi connectivity index (χ1n) is 8.57. The van der Waals surface area contributed by atoms with Gasteiger partial charge in [-0.15, -0.1) is 0 Å². The van der Waals surface area contributed by atoms with Crippen LogP contribution in [0.25, 0.3) is 0 Å². The number of nitrogens with zero attached hydrogens (tertiary/aromatic N) is 1. The van der Waals surface area contributed by atoms with Gasteiger partial charge in [0.15, 0.2) is 0 Å². The monoisotopic (exact) mass is 393 g/mol. The fourth-order valence-electron chi connectivity index (χ4n) is 3.33. The molecule has 7 nitrogen and oxygen atoms in total. The van der Waals surface area contributed by atoms with E-state index in [0.29, 0.717) is 6.54 Å². The number of non-ortho nitro benzene ring substituents is 1. The summed E-state index contributed by atoms with van der Waals surface area (Å²) in [4.78, 5) is 10.1. The van der Waals surface area contributed by atoms with Gasteiger partial charge in [0.1, 0.15) is 5.82 Å². The second kappa shape index (κ2) is 8.12. The first-order chi connectivity index (χ1) is 12.9. The maximum Gasteiger partial charge on any atom is 0.269 e. The molecular weight excluding hydrogens is 373 g/mol. The number of nitrogens with one attached hydrogen (secondary N) is 2. The molecule has 1 aliphatic rings. The Morgan fingerprint density at radius 3 is 2.44 bits per heavy atom. The standard InChI is InChI=1S/C18H20FN3O4S/c19-15-3-1-13(2-4-15)18-9-10-20-11-14(18)12-21-27(25,26)17-7-5-16(6-8-17)22(23)24/h1-8,14,18,20-21H,9-12H2/t14-,18+/m1/s1. The maximum atomic E-state index is 13.2. The van der Waals surface area contributed by atoms with Crippen LogP contribution in [0.4, 0.5) is 10.1 Å². The van der Waals surface area contributed by atoms with Gasteiger partial charge in [0.05, 0.1) is 9.82 Å². The molecule has 9 heteroatoms. The minimum Gasteiger partial charge on any atom is -0.316 e. The molecule has 2 N–H and O–H groups in total.